The Bertz CT molecular complexity index is 1330. The summed E-state index contributed by atoms with van der Waals surface area (Å²) in [5.74, 6) is 1.74. The summed E-state index contributed by atoms with van der Waals surface area (Å²) in [6.07, 6.45) is 2.54. The molecule has 0 unspecified atom stereocenters. The standard InChI is InChI=1S/C27H30ClN3O6/c1-34-20-6-4-5-17-13-23(37-24(17)20)25(32)30-10-7-27(8-11-30)9-12-31(16-27)26(33)29-19-14-18(28)21(35-2)15-22(19)36-3/h4-6,13-15H,7-12,16H2,1-3H3,(H,29,33). The molecule has 0 radical (unpaired) electrons. The molecular formula is C27H30ClN3O6. The Kier molecular flexibility index (Phi) is 6.81. The van der Waals surface area contributed by atoms with Crippen LogP contribution in [0.2, 0.25) is 5.02 Å². The molecule has 1 aromatic heterocycles. The summed E-state index contributed by atoms with van der Waals surface area (Å²) >= 11 is 6.25. The second-order valence-electron chi connectivity index (χ2n) is 9.57. The van der Waals surface area contributed by atoms with E-state index in [1.54, 1.807) is 25.3 Å². The number of carbonyl (C=O) groups is 2. The first-order chi connectivity index (χ1) is 17.9. The Morgan fingerprint density at radius 1 is 0.919 bits per heavy atom. The number of ether oxygens (including phenoxy) is 3. The molecule has 0 aliphatic carbocycles. The normalized spacial score (nSPS) is 16.8. The van der Waals surface area contributed by atoms with E-state index in [0.29, 0.717) is 65.5 Å². The molecule has 2 aromatic carbocycles. The number of furan rings is 1. The molecule has 2 aliphatic rings. The zero-order chi connectivity index (χ0) is 26.2. The van der Waals surface area contributed by atoms with Crippen LogP contribution in [0, 0.1) is 5.41 Å². The van der Waals surface area contributed by atoms with Crippen molar-refractivity contribution in [2.24, 2.45) is 5.41 Å². The number of para-hydroxylation sites is 1. The van der Waals surface area contributed by atoms with Gasteiger partial charge in [-0.2, -0.15) is 0 Å². The molecule has 0 atom stereocenters. The largest absolute Gasteiger partial charge is 0.495 e. The molecule has 2 saturated heterocycles. The van der Waals surface area contributed by atoms with Gasteiger partial charge in [-0.15, -0.1) is 0 Å². The van der Waals surface area contributed by atoms with Crippen LogP contribution in [0.3, 0.4) is 0 Å². The molecule has 0 bridgehead atoms. The first-order valence-electron chi connectivity index (χ1n) is 12.2. The first kappa shape index (κ1) is 25.1. The molecule has 2 fully saturated rings. The van der Waals surface area contributed by atoms with Gasteiger partial charge in [-0.3, -0.25) is 4.79 Å². The van der Waals surface area contributed by atoms with E-state index < -0.39 is 0 Å². The number of nitrogens with zero attached hydrogens (tertiary/aromatic N) is 2. The minimum atomic E-state index is -0.203. The fraction of sp³-hybridized carbons (Fsp3) is 0.407. The molecule has 37 heavy (non-hydrogen) atoms. The zero-order valence-corrected chi connectivity index (χ0v) is 21.9. The fourth-order valence-electron chi connectivity index (χ4n) is 5.31. The zero-order valence-electron chi connectivity index (χ0n) is 21.1. The van der Waals surface area contributed by atoms with Crippen LogP contribution in [0.25, 0.3) is 11.0 Å². The van der Waals surface area contributed by atoms with Gasteiger partial charge in [-0.25, -0.2) is 4.79 Å². The molecular weight excluding hydrogens is 498 g/mol. The Balaban J connectivity index is 1.21. The molecule has 1 N–H and O–H groups in total. The van der Waals surface area contributed by atoms with E-state index in [1.165, 1.54) is 14.2 Å². The van der Waals surface area contributed by atoms with Gasteiger partial charge in [0.25, 0.3) is 5.91 Å². The number of nitrogens with one attached hydrogen (secondary N) is 1. The van der Waals surface area contributed by atoms with E-state index in [9.17, 15) is 9.59 Å². The maximum atomic E-state index is 13.2. The summed E-state index contributed by atoms with van der Waals surface area (Å²) in [7, 11) is 4.63. The Morgan fingerprint density at radius 3 is 2.27 bits per heavy atom. The molecule has 9 nitrogen and oxygen atoms in total. The number of amides is 3. The summed E-state index contributed by atoms with van der Waals surface area (Å²) < 4.78 is 21.8. The van der Waals surface area contributed by atoms with Crippen LogP contribution < -0.4 is 19.5 Å². The third-order valence-corrected chi connectivity index (χ3v) is 7.79. The number of benzene rings is 2. The topological polar surface area (TPSA) is 93.5 Å². The molecule has 196 valence electrons. The Morgan fingerprint density at radius 2 is 1.59 bits per heavy atom. The van der Waals surface area contributed by atoms with E-state index >= 15 is 0 Å². The number of anilines is 1. The molecule has 0 saturated carbocycles. The number of methoxy groups -OCH3 is 3. The smallest absolute Gasteiger partial charge is 0.321 e. The minimum Gasteiger partial charge on any atom is -0.495 e. The lowest BCUT2D eigenvalue weighted by molar-refractivity contribution is 0.0567. The fourth-order valence-corrected chi connectivity index (χ4v) is 5.55. The van der Waals surface area contributed by atoms with Gasteiger partial charge in [0.05, 0.1) is 32.0 Å². The quantitative estimate of drug-likeness (QED) is 0.485. The van der Waals surface area contributed by atoms with Crippen LogP contribution in [0.4, 0.5) is 10.5 Å². The molecule has 5 rings (SSSR count). The van der Waals surface area contributed by atoms with Gasteiger partial charge in [-0.1, -0.05) is 23.7 Å². The van der Waals surface area contributed by atoms with E-state index in [1.807, 2.05) is 28.0 Å². The van der Waals surface area contributed by atoms with Crippen molar-refractivity contribution in [3.05, 3.63) is 47.2 Å². The average Bonchev–Trinajstić information content (AvgIpc) is 3.54. The predicted molar refractivity (Wildman–Crippen MR) is 140 cm³/mol. The summed E-state index contributed by atoms with van der Waals surface area (Å²) in [5, 5.41) is 4.14. The summed E-state index contributed by atoms with van der Waals surface area (Å²) in [4.78, 5) is 29.9. The lowest BCUT2D eigenvalue weighted by Gasteiger charge is -2.38. The van der Waals surface area contributed by atoms with E-state index in [-0.39, 0.29) is 17.4 Å². The van der Waals surface area contributed by atoms with Crippen molar-refractivity contribution < 1.29 is 28.2 Å². The SMILES string of the molecule is COc1cc(OC)c(NC(=O)N2CCC3(CCN(C(=O)c4cc5cccc(OC)c5o4)CC3)C2)cc1Cl. The first-order valence-corrected chi connectivity index (χ1v) is 12.6. The minimum absolute atomic E-state index is 0.00709. The van der Waals surface area contributed by atoms with Crippen molar-refractivity contribution in [1.29, 1.82) is 0 Å². The summed E-state index contributed by atoms with van der Waals surface area (Å²) in [6.45, 7) is 2.51. The van der Waals surface area contributed by atoms with Gasteiger partial charge in [0, 0.05) is 37.6 Å². The molecule has 3 aromatic rings. The molecule has 2 aliphatic heterocycles. The number of rotatable bonds is 5. The van der Waals surface area contributed by atoms with Crippen molar-refractivity contribution in [1.82, 2.24) is 9.80 Å². The highest BCUT2D eigenvalue weighted by Gasteiger charge is 2.43. The summed E-state index contributed by atoms with van der Waals surface area (Å²) in [5.41, 5.74) is 1.06. The van der Waals surface area contributed by atoms with Crippen LogP contribution in [0.5, 0.6) is 17.2 Å². The number of carbonyl (C=O) groups excluding carboxylic acids is 2. The molecule has 1 spiro atoms. The predicted octanol–water partition coefficient (Wildman–Crippen LogP) is 5.27. The molecule has 3 amide bonds. The second kappa shape index (κ2) is 10.0. The van der Waals surface area contributed by atoms with Crippen LogP contribution in [0.15, 0.2) is 40.8 Å². The van der Waals surface area contributed by atoms with Crippen molar-refractivity contribution >= 4 is 40.2 Å². The Hall–Kier alpha value is -3.59. The lowest BCUT2D eigenvalue weighted by atomic mass is 9.78. The van der Waals surface area contributed by atoms with E-state index in [0.717, 1.165) is 24.6 Å². The van der Waals surface area contributed by atoms with Crippen molar-refractivity contribution in [2.75, 3.05) is 52.8 Å². The number of piperidine rings is 1. The summed E-state index contributed by atoms with van der Waals surface area (Å²) in [6, 6.07) is 10.4. The van der Waals surface area contributed by atoms with Crippen molar-refractivity contribution in [2.45, 2.75) is 19.3 Å². The molecule has 10 heteroatoms. The second-order valence-corrected chi connectivity index (χ2v) is 9.98. The van der Waals surface area contributed by atoms with Crippen LogP contribution in [-0.4, -0.2) is 69.2 Å². The highest BCUT2D eigenvalue weighted by atomic mass is 35.5. The van der Waals surface area contributed by atoms with Gasteiger partial charge >= 0.3 is 6.03 Å². The number of likely N-dealkylation sites (tertiary alicyclic amines) is 2. The average molecular weight is 528 g/mol. The number of hydrogen-bond acceptors (Lipinski definition) is 6. The Labute approximate surface area is 220 Å². The molecule has 3 heterocycles. The van der Waals surface area contributed by atoms with Crippen LogP contribution in [0.1, 0.15) is 29.8 Å². The van der Waals surface area contributed by atoms with E-state index in [2.05, 4.69) is 5.32 Å². The van der Waals surface area contributed by atoms with Crippen LogP contribution in [-0.2, 0) is 0 Å². The van der Waals surface area contributed by atoms with Gasteiger partial charge in [0.2, 0.25) is 0 Å². The number of fused-ring (bicyclic) bond motifs is 1. The number of urea groups is 1. The van der Waals surface area contributed by atoms with E-state index in [4.69, 9.17) is 30.2 Å². The van der Waals surface area contributed by atoms with Crippen LogP contribution >= 0.6 is 11.6 Å². The maximum Gasteiger partial charge on any atom is 0.321 e. The van der Waals surface area contributed by atoms with Crippen molar-refractivity contribution in [3.8, 4) is 17.2 Å². The third kappa shape index (κ3) is 4.75. The highest BCUT2D eigenvalue weighted by Crippen LogP contribution is 2.42. The van der Waals surface area contributed by atoms with Gasteiger partial charge in [0.15, 0.2) is 17.1 Å². The maximum absolute atomic E-state index is 13.2. The monoisotopic (exact) mass is 527 g/mol. The third-order valence-electron chi connectivity index (χ3n) is 7.49. The van der Waals surface area contributed by atoms with Gasteiger partial charge < -0.3 is 33.7 Å². The number of halogens is 1. The van der Waals surface area contributed by atoms with Crippen molar-refractivity contribution in [3.63, 3.8) is 0 Å². The van der Waals surface area contributed by atoms with Gasteiger partial charge in [0.1, 0.15) is 11.5 Å². The lowest BCUT2D eigenvalue weighted by Crippen LogP contribution is -2.45. The van der Waals surface area contributed by atoms with Gasteiger partial charge in [-0.05, 0) is 42.9 Å². The highest BCUT2D eigenvalue weighted by molar-refractivity contribution is 6.32. The number of hydrogen-bond donors (Lipinski definition) is 1.